The number of aliphatic carboxylic acids is 2. The first-order chi connectivity index (χ1) is 7.03. The molecule has 0 rings (SSSR count). The third-order valence-corrected chi connectivity index (χ3v) is 1.89. The van der Waals surface area contributed by atoms with Gasteiger partial charge in [0.1, 0.15) is 0 Å². The monoisotopic (exact) mass is 228 g/mol. The Morgan fingerprint density at radius 2 is 1.44 bits per heavy atom. The lowest BCUT2D eigenvalue weighted by Gasteiger charge is -2.17. The zero-order valence-electron chi connectivity index (χ0n) is 10.3. The van der Waals surface area contributed by atoms with Gasteiger partial charge in [-0.3, -0.25) is 0 Å². The molecule has 0 saturated carbocycles. The van der Waals surface area contributed by atoms with Gasteiger partial charge < -0.3 is 10.2 Å². The molecule has 0 unspecified atom stereocenters. The fraction of sp³-hybridized carbons (Fsp3) is 0.500. The number of rotatable bonds is 3. The molecule has 16 heavy (non-hydrogen) atoms. The molecule has 0 heterocycles. The van der Waals surface area contributed by atoms with Crippen LogP contribution in [0.3, 0.4) is 0 Å². The van der Waals surface area contributed by atoms with E-state index in [1.807, 2.05) is 20.8 Å². The predicted octanol–water partition coefficient (Wildman–Crippen LogP) is 2.71. The molecule has 4 heteroatoms. The zero-order valence-corrected chi connectivity index (χ0v) is 10.3. The summed E-state index contributed by atoms with van der Waals surface area (Å²) in [4.78, 5) is 20.1. The van der Waals surface area contributed by atoms with Gasteiger partial charge in [0.2, 0.25) is 0 Å². The standard InChI is InChI=1S/C7H12O2.C5H8O2/c1-5(6(8)9)7(2,3)4;1-3-4(2)5(6)7/h1H2,2-4H3,(H,8,9);2-3H2,1H3,(H,6,7). The predicted molar refractivity (Wildman–Crippen MR) is 63.3 cm³/mol. The summed E-state index contributed by atoms with van der Waals surface area (Å²) in [6, 6.07) is 0. The summed E-state index contributed by atoms with van der Waals surface area (Å²) in [5, 5.41) is 16.5. The minimum absolute atomic E-state index is 0.252. The van der Waals surface area contributed by atoms with Crippen molar-refractivity contribution in [1.82, 2.24) is 0 Å². The molecule has 0 amide bonds. The van der Waals surface area contributed by atoms with Crippen molar-refractivity contribution in [3.05, 3.63) is 24.3 Å². The number of carboxylic acids is 2. The number of carbonyl (C=O) groups is 2. The summed E-state index contributed by atoms with van der Waals surface area (Å²) in [6.07, 6.45) is 0.523. The molecule has 0 bridgehead atoms. The molecule has 92 valence electrons. The van der Waals surface area contributed by atoms with Crippen LogP contribution in [0, 0.1) is 5.41 Å². The molecule has 2 N–H and O–H groups in total. The summed E-state index contributed by atoms with van der Waals surface area (Å²) < 4.78 is 0. The molecule has 0 aromatic heterocycles. The maximum absolute atomic E-state index is 10.2. The van der Waals surface area contributed by atoms with Crippen LogP contribution >= 0.6 is 0 Å². The van der Waals surface area contributed by atoms with Crippen molar-refractivity contribution >= 4 is 11.9 Å². The van der Waals surface area contributed by atoms with Crippen molar-refractivity contribution in [3.8, 4) is 0 Å². The summed E-state index contributed by atoms with van der Waals surface area (Å²) in [5.74, 6) is -1.81. The van der Waals surface area contributed by atoms with E-state index in [0.717, 1.165) is 0 Å². The van der Waals surface area contributed by atoms with Crippen LogP contribution in [0.5, 0.6) is 0 Å². The summed E-state index contributed by atoms with van der Waals surface area (Å²) in [6.45, 7) is 13.9. The van der Waals surface area contributed by atoms with Crippen LogP contribution in [0.4, 0.5) is 0 Å². The molecule has 0 atom stereocenters. The second-order valence-corrected chi connectivity index (χ2v) is 4.30. The fourth-order valence-electron chi connectivity index (χ4n) is 0.472. The van der Waals surface area contributed by atoms with Crippen molar-refractivity contribution < 1.29 is 19.8 Å². The van der Waals surface area contributed by atoms with Gasteiger partial charge in [-0.2, -0.15) is 0 Å². The number of hydrogen-bond donors (Lipinski definition) is 2. The lowest BCUT2D eigenvalue weighted by molar-refractivity contribution is -0.134. The van der Waals surface area contributed by atoms with Crippen molar-refractivity contribution in [2.45, 2.75) is 34.1 Å². The van der Waals surface area contributed by atoms with Gasteiger partial charge in [0, 0.05) is 11.1 Å². The highest BCUT2D eigenvalue weighted by molar-refractivity contribution is 5.87. The third kappa shape index (κ3) is 7.79. The van der Waals surface area contributed by atoms with Gasteiger partial charge in [-0.05, 0) is 11.8 Å². The Kier molecular flexibility index (Phi) is 7.18. The van der Waals surface area contributed by atoms with Crippen molar-refractivity contribution in [1.29, 1.82) is 0 Å². The van der Waals surface area contributed by atoms with Crippen LogP contribution in [0.1, 0.15) is 34.1 Å². The molecule has 4 nitrogen and oxygen atoms in total. The molecule has 0 aliphatic carbocycles. The third-order valence-electron chi connectivity index (χ3n) is 1.89. The topological polar surface area (TPSA) is 74.6 Å². The van der Waals surface area contributed by atoms with Crippen molar-refractivity contribution in [2.75, 3.05) is 0 Å². The normalized spacial score (nSPS) is 9.75. The minimum Gasteiger partial charge on any atom is -0.478 e. The van der Waals surface area contributed by atoms with Gasteiger partial charge in [0.05, 0.1) is 0 Å². The molecule has 0 aliphatic rings. The Morgan fingerprint density at radius 1 is 1.06 bits per heavy atom. The summed E-state index contributed by atoms with van der Waals surface area (Å²) in [7, 11) is 0. The largest absolute Gasteiger partial charge is 0.478 e. The Morgan fingerprint density at radius 3 is 1.44 bits per heavy atom. The lowest BCUT2D eigenvalue weighted by atomic mass is 9.88. The first-order valence-corrected chi connectivity index (χ1v) is 4.87. The van der Waals surface area contributed by atoms with E-state index in [-0.39, 0.29) is 16.6 Å². The van der Waals surface area contributed by atoms with E-state index in [4.69, 9.17) is 10.2 Å². The van der Waals surface area contributed by atoms with E-state index in [0.29, 0.717) is 6.42 Å². The molecular weight excluding hydrogens is 208 g/mol. The van der Waals surface area contributed by atoms with Crippen LogP contribution in [0.15, 0.2) is 24.3 Å². The Labute approximate surface area is 96.3 Å². The van der Waals surface area contributed by atoms with E-state index in [2.05, 4.69) is 13.2 Å². The molecule has 0 aromatic carbocycles. The highest BCUT2D eigenvalue weighted by Crippen LogP contribution is 2.22. The quantitative estimate of drug-likeness (QED) is 0.728. The van der Waals surface area contributed by atoms with Gasteiger partial charge >= 0.3 is 11.9 Å². The lowest BCUT2D eigenvalue weighted by Crippen LogP contribution is -2.15. The summed E-state index contributed by atoms with van der Waals surface area (Å²) in [5.41, 5.74) is 0.203. The molecule has 0 saturated heterocycles. The Hall–Kier alpha value is -1.58. The first kappa shape index (κ1) is 16.8. The van der Waals surface area contributed by atoms with Crippen LogP contribution in [-0.2, 0) is 9.59 Å². The van der Waals surface area contributed by atoms with E-state index >= 15 is 0 Å². The van der Waals surface area contributed by atoms with Gasteiger partial charge in [0.25, 0.3) is 0 Å². The smallest absolute Gasteiger partial charge is 0.331 e. The molecule has 0 fully saturated rings. The SMILES string of the molecule is C=C(C(=O)O)C(C)(C)C.C=C(CC)C(=O)O. The van der Waals surface area contributed by atoms with E-state index < -0.39 is 11.9 Å². The van der Waals surface area contributed by atoms with Crippen LogP contribution in [0.2, 0.25) is 0 Å². The molecular formula is C12H20O4. The van der Waals surface area contributed by atoms with E-state index in [9.17, 15) is 9.59 Å². The molecule has 0 spiro atoms. The maximum Gasteiger partial charge on any atom is 0.331 e. The Balaban J connectivity index is 0. The van der Waals surface area contributed by atoms with Gasteiger partial charge in [-0.1, -0.05) is 40.9 Å². The average molecular weight is 228 g/mol. The van der Waals surface area contributed by atoms with Crippen LogP contribution in [0.25, 0.3) is 0 Å². The van der Waals surface area contributed by atoms with E-state index in [1.165, 1.54) is 0 Å². The van der Waals surface area contributed by atoms with Crippen LogP contribution < -0.4 is 0 Å². The van der Waals surface area contributed by atoms with Crippen LogP contribution in [-0.4, -0.2) is 22.2 Å². The fourth-order valence-corrected chi connectivity index (χ4v) is 0.472. The van der Waals surface area contributed by atoms with E-state index in [1.54, 1.807) is 6.92 Å². The van der Waals surface area contributed by atoms with Gasteiger partial charge in [-0.25, -0.2) is 9.59 Å². The second kappa shape index (κ2) is 6.82. The average Bonchev–Trinajstić information content (AvgIpc) is 2.14. The number of carboxylic acid groups (broad SMARTS) is 2. The zero-order chi connectivity index (χ0) is 13.5. The van der Waals surface area contributed by atoms with Gasteiger partial charge in [-0.15, -0.1) is 0 Å². The molecule has 0 aromatic rings. The molecule has 0 aliphatic heterocycles. The highest BCUT2D eigenvalue weighted by atomic mass is 16.4. The molecule has 0 radical (unpaired) electrons. The maximum atomic E-state index is 10.2. The number of hydrogen-bond acceptors (Lipinski definition) is 2. The highest BCUT2D eigenvalue weighted by Gasteiger charge is 2.20. The minimum atomic E-state index is -0.914. The summed E-state index contributed by atoms with van der Waals surface area (Å²) >= 11 is 0. The Bertz CT molecular complexity index is 295. The van der Waals surface area contributed by atoms with Crippen molar-refractivity contribution in [2.24, 2.45) is 5.41 Å². The first-order valence-electron chi connectivity index (χ1n) is 4.87. The second-order valence-electron chi connectivity index (χ2n) is 4.30. The van der Waals surface area contributed by atoms with Crippen molar-refractivity contribution in [3.63, 3.8) is 0 Å². The van der Waals surface area contributed by atoms with Gasteiger partial charge in [0.15, 0.2) is 0 Å².